The van der Waals surface area contributed by atoms with Gasteiger partial charge in [0.2, 0.25) is 0 Å². The Morgan fingerprint density at radius 1 is 1.07 bits per heavy atom. The number of nitrogens with one attached hydrogen (secondary N) is 1. The van der Waals surface area contributed by atoms with Gasteiger partial charge in [-0.15, -0.1) is 0 Å². The Labute approximate surface area is 172 Å². The number of anilines is 1. The summed E-state index contributed by atoms with van der Waals surface area (Å²) < 4.78 is 10.9. The van der Waals surface area contributed by atoms with Crippen molar-refractivity contribution < 1.29 is 19.1 Å². The second-order valence-electron chi connectivity index (χ2n) is 6.31. The second kappa shape index (κ2) is 10.9. The summed E-state index contributed by atoms with van der Waals surface area (Å²) in [5.74, 6) is 0.659. The van der Waals surface area contributed by atoms with E-state index < -0.39 is 0 Å². The Kier molecular flexibility index (Phi) is 8.27. The predicted molar refractivity (Wildman–Crippen MR) is 116 cm³/mol. The first-order chi connectivity index (χ1) is 14.0. The number of benzene rings is 2. The number of carbonyl (C=O) groups excluding carboxylic acids is 2. The number of hydrogen-bond acceptors (Lipinski definition) is 4. The van der Waals surface area contributed by atoms with Crippen molar-refractivity contribution in [3.05, 3.63) is 59.7 Å². The van der Waals surface area contributed by atoms with Crippen LogP contribution in [-0.2, 0) is 4.79 Å². The van der Waals surface area contributed by atoms with Gasteiger partial charge >= 0.3 is 0 Å². The Morgan fingerprint density at radius 3 is 2.48 bits per heavy atom. The molecule has 0 fully saturated rings. The number of hydrogen-bond donors (Lipinski definition) is 1. The third-order valence-corrected chi connectivity index (χ3v) is 4.35. The first-order valence-electron chi connectivity index (χ1n) is 9.65. The molecule has 6 nitrogen and oxygen atoms in total. The van der Waals surface area contributed by atoms with E-state index in [0.717, 1.165) is 5.56 Å². The van der Waals surface area contributed by atoms with E-state index in [1.807, 2.05) is 45.1 Å². The molecule has 0 aliphatic heterocycles. The maximum atomic E-state index is 12.5. The van der Waals surface area contributed by atoms with Crippen LogP contribution in [0.25, 0.3) is 6.08 Å². The molecule has 1 N–H and O–H groups in total. The van der Waals surface area contributed by atoms with Crippen molar-refractivity contribution in [3.63, 3.8) is 0 Å². The summed E-state index contributed by atoms with van der Waals surface area (Å²) in [4.78, 5) is 26.5. The summed E-state index contributed by atoms with van der Waals surface area (Å²) in [6, 6.07) is 12.4. The second-order valence-corrected chi connectivity index (χ2v) is 6.31. The molecule has 154 valence electrons. The first kappa shape index (κ1) is 22.0. The predicted octanol–water partition coefficient (Wildman–Crippen LogP) is 4.23. The molecule has 0 aliphatic rings. The van der Waals surface area contributed by atoms with Crippen LogP contribution in [0.3, 0.4) is 0 Å². The quantitative estimate of drug-likeness (QED) is 0.689. The van der Waals surface area contributed by atoms with Gasteiger partial charge in [-0.25, -0.2) is 0 Å². The molecule has 0 unspecified atom stereocenters. The molecule has 0 spiro atoms. The highest BCUT2D eigenvalue weighted by molar-refractivity contribution is 5.97. The SMILES string of the molecule is C/C=C/c1ccc(OCC(=O)Nc2cccc(C(=O)N(CC)CC)c2)c(OC)c1. The van der Waals surface area contributed by atoms with Crippen molar-refractivity contribution in [1.82, 2.24) is 4.90 Å². The van der Waals surface area contributed by atoms with Crippen LogP contribution < -0.4 is 14.8 Å². The van der Waals surface area contributed by atoms with Crippen molar-refractivity contribution in [2.45, 2.75) is 20.8 Å². The summed E-state index contributed by atoms with van der Waals surface area (Å²) in [5.41, 5.74) is 2.07. The van der Waals surface area contributed by atoms with Crippen molar-refractivity contribution in [2.75, 3.05) is 32.1 Å². The fraction of sp³-hybridized carbons (Fsp3) is 0.304. The van der Waals surface area contributed by atoms with Gasteiger partial charge in [0.1, 0.15) is 0 Å². The Hall–Kier alpha value is -3.28. The lowest BCUT2D eigenvalue weighted by Gasteiger charge is -2.19. The number of amides is 2. The van der Waals surface area contributed by atoms with Gasteiger partial charge in [-0.3, -0.25) is 9.59 Å². The van der Waals surface area contributed by atoms with Crippen LogP contribution in [0.15, 0.2) is 48.5 Å². The number of methoxy groups -OCH3 is 1. The topological polar surface area (TPSA) is 67.9 Å². The van der Waals surface area contributed by atoms with Gasteiger partial charge in [-0.2, -0.15) is 0 Å². The summed E-state index contributed by atoms with van der Waals surface area (Å²) >= 11 is 0. The van der Waals surface area contributed by atoms with Crippen LogP contribution in [0.1, 0.15) is 36.7 Å². The molecule has 2 aromatic carbocycles. The van der Waals surface area contributed by atoms with Gasteiger partial charge in [0.15, 0.2) is 18.1 Å². The molecular formula is C23H28N2O4. The maximum absolute atomic E-state index is 12.5. The molecule has 0 aromatic heterocycles. The molecule has 0 heterocycles. The lowest BCUT2D eigenvalue weighted by atomic mass is 10.1. The fourth-order valence-electron chi connectivity index (χ4n) is 2.86. The molecule has 0 radical (unpaired) electrons. The van der Waals surface area contributed by atoms with Crippen LogP contribution in [-0.4, -0.2) is 43.5 Å². The first-order valence-corrected chi connectivity index (χ1v) is 9.65. The molecule has 6 heteroatoms. The molecule has 29 heavy (non-hydrogen) atoms. The molecule has 0 aliphatic carbocycles. The van der Waals surface area contributed by atoms with E-state index in [0.29, 0.717) is 35.8 Å². The molecule has 2 amide bonds. The average molecular weight is 396 g/mol. The molecule has 0 atom stereocenters. The minimum Gasteiger partial charge on any atom is -0.493 e. The zero-order valence-electron chi connectivity index (χ0n) is 17.4. The lowest BCUT2D eigenvalue weighted by Crippen LogP contribution is -2.30. The Balaban J connectivity index is 2.01. The Morgan fingerprint density at radius 2 is 1.83 bits per heavy atom. The van der Waals surface area contributed by atoms with E-state index in [1.165, 1.54) is 0 Å². The number of allylic oxidation sites excluding steroid dienone is 1. The van der Waals surface area contributed by atoms with Crippen LogP contribution in [0.2, 0.25) is 0 Å². The molecule has 0 saturated carbocycles. The molecule has 2 aromatic rings. The van der Waals surface area contributed by atoms with E-state index in [9.17, 15) is 9.59 Å². The normalized spacial score (nSPS) is 10.6. The highest BCUT2D eigenvalue weighted by atomic mass is 16.5. The van der Waals surface area contributed by atoms with E-state index in [1.54, 1.807) is 42.3 Å². The van der Waals surface area contributed by atoms with Crippen molar-refractivity contribution in [2.24, 2.45) is 0 Å². The maximum Gasteiger partial charge on any atom is 0.262 e. The largest absolute Gasteiger partial charge is 0.493 e. The molecular weight excluding hydrogens is 368 g/mol. The number of nitrogens with zero attached hydrogens (tertiary/aromatic N) is 1. The zero-order valence-corrected chi connectivity index (χ0v) is 17.4. The summed E-state index contributed by atoms with van der Waals surface area (Å²) in [6.07, 6.45) is 3.88. The van der Waals surface area contributed by atoms with Gasteiger partial charge in [-0.05, 0) is 56.7 Å². The summed E-state index contributed by atoms with van der Waals surface area (Å²) in [7, 11) is 1.56. The molecule has 0 bridgehead atoms. The minimum absolute atomic E-state index is 0.0618. The number of ether oxygens (including phenoxy) is 2. The van der Waals surface area contributed by atoms with E-state index in [4.69, 9.17) is 9.47 Å². The average Bonchev–Trinajstić information content (AvgIpc) is 2.74. The number of rotatable bonds is 9. The summed E-state index contributed by atoms with van der Waals surface area (Å²) in [5, 5.41) is 2.76. The van der Waals surface area contributed by atoms with Crippen molar-refractivity contribution in [3.8, 4) is 11.5 Å². The third kappa shape index (κ3) is 6.10. The highest BCUT2D eigenvalue weighted by Gasteiger charge is 2.14. The van der Waals surface area contributed by atoms with E-state index in [2.05, 4.69) is 5.32 Å². The third-order valence-electron chi connectivity index (χ3n) is 4.35. The zero-order chi connectivity index (χ0) is 21.2. The minimum atomic E-state index is -0.322. The van der Waals surface area contributed by atoms with Gasteiger partial charge in [0.25, 0.3) is 11.8 Å². The highest BCUT2D eigenvalue weighted by Crippen LogP contribution is 2.28. The van der Waals surface area contributed by atoms with Crippen LogP contribution in [0.5, 0.6) is 11.5 Å². The van der Waals surface area contributed by atoms with Crippen LogP contribution in [0.4, 0.5) is 5.69 Å². The smallest absolute Gasteiger partial charge is 0.262 e. The number of carbonyl (C=O) groups is 2. The fourth-order valence-corrected chi connectivity index (χ4v) is 2.86. The summed E-state index contributed by atoms with van der Waals surface area (Å²) in [6.45, 7) is 6.90. The monoisotopic (exact) mass is 396 g/mol. The van der Waals surface area contributed by atoms with Gasteiger partial charge < -0.3 is 19.7 Å². The van der Waals surface area contributed by atoms with Crippen molar-refractivity contribution >= 4 is 23.6 Å². The van der Waals surface area contributed by atoms with Crippen LogP contribution >= 0.6 is 0 Å². The van der Waals surface area contributed by atoms with E-state index >= 15 is 0 Å². The Bertz CT molecular complexity index is 873. The molecule has 2 rings (SSSR count). The van der Waals surface area contributed by atoms with Gasteiger partial charge in [0.05, 0.1) is 7.11 Å². The van der Waals surface area contributed by atoms with Crippen LogP contribution in [0, 0.1) is 0 Å². The van der Waals surface area contributed by atoms with E-state index in [-0.39, 0.29) is 18.4 Å². The van der Waals surface area contributed by atoms with Gasteiger partial charge in [0, 0.05) is 24.3 Å². The lowest BCUT2D eigenvalue weighted by molar-refractivity contribution is -0.118. The van der Waals surface area contributed by atoms with Crippen molar-refractivity contribution in [1.29, 1.82) is 0 Å². The van der Waals surface area contributed by atoms with Gasteiger partial charge in [-0.1, -0.05) is 24.3 Å². The standard InChI is InChI=1S/C23H28N2O4/c1-5-9-17-12-13-20(21(14-17)28-4)29-16-22(26)24-19-11-8-10-18(15-19)23(27)25(6-2)7-3/h5,8-15H,6-7,16H2,1-4H3,(H,24,26)/b9-5+. The molecule has 0 saturated heterocycles.